The Morgan fingerprint density at radius 1 is 1.17 bits per heavy atom. The highest BCUT2D eigenvalue weighted by Gasteiger charge is 2.33. The molecular weight excluding hydrogens is 456 g/mol. The van der Waals surface area contributed by atoms with Crippen molar-refractivity contribution in [2.45, 2.75) is 39.7 Å². The minimum atomic E-state index is -0.377. The van der Waals surface area contributed by atoms with Crippen molar-refractivity contribution >= 4 is 45.7 Å². The molecule has 1 N–H and O–H groups in total. The second kappa shape index (κ2) is 9.58. The number of para-hydroxylation sites is 1. The number of nitrogens with zero attached hydrogens (tertiary/aromatic N) is 3. The molecule has 178 valence electrons. The smallest absolute Gasteiger partial charge is 0.283 e. The van der Waals surface area contributed by atoms with Gasteiger partial charge in [-0.2, -0.15) is 4.99 Å². The SMILES string of the molecule is CC[C@@H](C)c1ccc(OCCn2cc(/C=C3/C(=N)N4C=C(C)SC4=NC3=O)c3ccccc32)cc1. The number of aromatic nitrogens is 1. The molecule has 3 heterocycles. The Labute approximate surface area is 209 Å². The summed E-state index contributed by atoms with van der Waals surface area (Å²) < 4.78 is 8.16. The largest absolute Gasteiger partial charge is 0.492 e. The third-order valence-electron chi connectivity index (χ3n) is 6.47. The van der Waals surface area contributed by atoms with E-state index in [0.717, 1.165) is 33.5 Å². The number of thioether (sulfide) groups is 1. The van der Waals surface area contributed by atoms with Gasteiger partial charge in [-0.1, -0.05) is 55.9 Å². The summed E-state index contributed by atoms with van der Waals surface area (Å²) in [7, 11) is 0. The predicted molar refractivity (Wildman–Crippen MR) is 144 cm³/mol. The lowest BCUT2D eigenvalue weighted by molar-refractivity contribution is -0.114. The zero-order valence-electron chi connectivity index (χ0n) is 20.1. The molecule has 2 aliphatic heterocycles. The number of hydrogen-bond acceptors (Lipinski definition) is 4. The van der Waals surface area contributed by atoms with Crippen molar-refractivity contribution in [2.75, 3.05) is 6.61 Å². The number of carbonyl (C=O) groups excluding carboxylic acids is 1. The van der Waals surface area contributed by atoms with Crippen molar-refractivity contribution in [1.82, 2.24) is 9.47 Å². The van der Waals surface area contributed by atoms with Gasteiger partial charge in [-0.3, -0.25) is 15.1 Å². The standard InChI is InChI=1S/C28H28N4O2S/c1-4-18(2)20-9-11-22(12-10-20)34-14-13-31-17-21(23-7-5-6-8-25(23)31)15-24-26(29)32-16-19(3)35-28(32)30-27(24)33/h5-12,15-18,29H,4,13-14H2,1-3H3/b24-15-,29-26?/t18-/m1/s1. The van der Waals surface area contributed by atoms with Crippen LogP contribution in [-0.2, 0) is 11.3 Å². The van der Waals surface area contributed by atoms with E-state index in [4.69, 9.17) is 10.1 Å². The predicted octanol–water partition coefficient (Wildman–Crippen LogP) is 6.40. The van der Waals surface area contributed by atoms with Crippen molar-refractivity contribution in [3.05, 3.63) is 82.5 Å². The number of amidine groups is 2. The summed E-state index contributed by atoms with van der Waals surface area (Å²) in [6.45, 7) is 7.56. The van der Waals surface area contributed by atoms with Crippen LogP contribution in [0.5, 0.6) is 5.75 Å². The molecule has 5 rings (SSSR count). The molecule has 1 atom stereocenters. The molecule has 7 heteroatoms. The van der Waals surface area contributed by atoms with Gasteiger partial charge in [0, 0.05) is 33.8 Å². The molecule has 6 nitrogen and oxygen atoms in total. The second-order valence-electron chi connectivity index (χ2n) is 8.84. The van der Waals surface area contributed by atoms with E-state index < -0.39 is 0 Å². The van der Waals surface area contributed by atoms with Gasteiger partial charge in [0.05, 0.1) is 12.1 Å². The van der Waals surface area contributed by atoms with Crippen molar-refractivity contribution in [3.63, 3.8) is 0 Å². The molecule has 0 spiro atoms. The molecule has 0 radical (unpaired) electrons. The number of rotatable bonds is 7. The number of hydrogen-bond donors (Lipinski definition) is 1. The maximum Gasteiger partial charge on any atom is 0.283 e. The molecule has 0 unspecified atom stereocenters. The Morgan fingerprint density at radius 2 is 1.94 bits per heavy atom. The van der Waals surface area contributed by atoms with E-state index in [1.807, 2.05) is 49.7 Å². The Hall–Kier alpha value is -3.58. The van der Waals surface area contributed by atoms with Crippen molar-refractivity contribution < 1.29 is 9.53 Å². The van der Waals surface area contributed by atoms with Gasteiger partial charge in [-0.25, -0.2) is 0 Å². The summed E-state index contributed by atoms with van der Waals surface area (Å²) in [5.74, 6) is 1.18. The highest BCUT2D eigenvalue weighted by molar-refractivity contribution is 8.17. The van der Waals surface area contributed by atoms with Crippen LogP contribution in [0.15, 0.2) is 76.4 Å². The molecule has 2 aliphatic rings. The van der Waals surface area contributed by atoms with Gasteiger partial charge < -0.3 is 9.30 Å². The molecular formula is C28H28N4O2S. The molecule has 0 saturated carbocycles. The zero-order valence-corrected chi connectivity index (χ0v) is 20.9. The molecule has 0 bridgehead atoms. The van der Waals surface area contributed by atoms with E-state index >= 15 is 0 Å². The third kappa shape index (κ3) is 4.56. The minimum absolute atomic E-state index is 0.158. The molecule has 3 aromatic rings. The first-order chi connectivity index (χ1) is 16.9. The van der Waals surface area contributed by atoms with Gasteiger partial charge in [-0.15, -0.1) is 0 Å². The molecule has 1 amide bonds. The fourth-order valence-electron chi connectivity index (χ4n) is 4.32. The van der Waals surface area contributed by atoms with Crippen LogP contribution in [0.25, 0.3) is 17.0 Å². The van der Waals surface area contributed by atoms with Crippen molar-refractivity contribution in [3.8, 4) is 5.75 Å². The Balaban J connectivity index is 1.36. The van der Waals surface area contributed by atoms with Crippen LogP contribution in [-0.4, -0.2) is 33.0 Å². The van der Waals surface area contributed by atoms with E-state index in [0.29, 0.717) is 29.8 Å². The second-order valence-corrected chi connectivity index (χ2v) is 10.1. The fourth-order valence-corrected chi connectivity index (χ4v) is 5.14. The number of nitrogens with one attached hydrogen (secondary N) is 1. The monoisotopic (exact) mass is 484 g/mol. The van der Waals surface area contributed by atoms with Gasteiger partial charge in [0.1, 0.15) is 18.2 Å². The summed E-state index contributed by atoms with van der Waals surface area (Å²) in [6.07, 6.45) is 6.77. The molecule has 0 fully saturated rings. The van der Waals surface area contributed by atoms with E-state index in [-0.39, 0.29) is 11.7 Å². The number of aliphatic imine (C=N–C) groups is 1. The molecule has 0 saturated heterocycles. The number of ether oxygens (including phenoxy) is 1. The van der Waals surface area contributed by atoms with Crippen LogP contribution in [0.1, 0.15) is 44.2 Å². The number of amides is 1. The average Bonchev–Trinajstić information content (AvgIpc) is 3.41. The lowest BCUT2D eigenvalue weighted by Gasteiger charge is -2.22. The normalized spacial score (nSPS) is 17.6. The molecule has 1 aromatic heterocycles. The van der Waals surface area contributed by atoms with Crippen LogP contribution in [0.2, 0.25) is 0 Å². The fraction of sp³-hybridized carbons (Fsp3) is 0.250. The van der Waals surface area contributed by atoms with Gasteiger partial charge in [0.2, 0.25) is 0 Å². The van der Waals surface area contributed by atoms with Crippen LogP contribution >= 0.6 is 11.8 Å². The topological polar surface area (TPSA) is 70.7 Å². The number of benzene rings is 2. The van der Waals surface area contributed by atoms with Crippen molar-refractivity contribution in [2.24, 2.45) is 4.99 Å². The van der Waals surface area contributed by atoms with Crippen LogP contribution in [0.4, 0.5) is 0 Å². The van der Waals surface area contributed by atoms with Crippen LogP contribution in [0.3, 0.4) is 0 Å². The molecule has 2 aromatic carbocycles. The number of allylic oxidation sites excluding steroid dienone is 1. The Morgan fingerprint density at radius 3 is 2.71 bits per heavy atom. The molecule has 0 aliphatic carbocycles. The Bertz CT molecular complexity index is 1400. The maximum absolute atomic E-state index is 12.7. The van der Waals surface area contributed by atoms with Gasteiger partial charge in [-0.05, 0) is 49.1 Å². The van der Waals surface area contributed by atoms with Crippen molar-refractivity contribution in [1.29, 1.82) is 5.41 Å². The lowest BCUT2D eigenvalue weighted by atomic mass is 9.99. The van der Waals surface area contributed by atoms with E-state index in [1.165, 1.54) is 17.3 Å². The molecule has 35 heavy (non-hydrogen) atoms. The van der Waals surface area contributed by atoms with Gasteiger partial charge >= 0.3 is 0 Å². The summed E-state index contributed by atoms with van der Waals surface area (Å²) >= 11 is 1.41. The lowest BCUT2D eigenvalue weighted by Crippen LogP contribution is -2.35. The number of fused-ring (bicyclic) bond motifs is 2. The van der Waals surface area contributed by atoms with Gasteiger partial charge in [0.25, 0.3) is 5.91 Å². The van der Waals surface area contributed by atoms with E-state index in [9.17, 15) is 4.79 Å². The zero-order chi connectivity index (χ0) is 24.5. The minimum Gasteiger partial charge on any atom is -0.492 e. The summed E-state index contributed by atoms with van der Waals surface area (Å²) in [5.41, 5.74) is 3.56. The third-order valence-corrected chi connectivity index (χ3v) is 7.37. The van der Waals surface area contributed by atoms with Crippen LogP contribution in [0, 0.1) is 5.41 Å². The van der Waals surface area contributed by atoms with Crippen LogP contribution < -0.4 is 4.74 Å². The highest BCUT2D eigenvalue weighted by atomic mass is 32.2. The van der Waals surface area contributed by atoms with E-state index in [1.54, 1.807) is 11.0 Å². The first-order valence-corrected chi connectivity index (χ1v) is 12.7. The first kappa shape index (κ1) is 23.2. The summed E-state index contributed by atoms with van der Waals surface area (Å²) in [6, 6.07) is 16.4. The summed E-state index contributed by atoms with van der Waals surface area (Å²) in [4.78, 5) is 19.6. The average molecular weight is 485 g/mol. The maximum atomic E-state index is 12.7. The quantitative estimate of drug-likeness (QED) is 0.394. The van der Waals surface area contributed by atoms with E-state index in [2.05, 4.69) is 41.6 Å². The summed E-state index contributed by atoms with van der Waals surface area (Å²) in [5, 5.41) is 10.2. The first-order valence-electron chi connectivity index (χ1n) is 11.8. The highest BCUT2D eigenvalue weighted by Crippen LogP contribution is 2.33. The van der Waals surface area contributed by atoms with Gasteiger partial charge in [0.15, 0.2) is 5.17 Å². The Kier molecular flexibility index (Phi) is 6.34. The number of carbonyl (C=O) groups is 1.